The van der Waals surface area contributed by atoms with Gasteiger partial charge in [0.05, 0.1) is 58.4 Å². The third-order valence-corrected chi connectivity index (χ3v) is 6.48. The van der Waals surface area contributed by atoms with Crippen LogP contribution in [0.1, 0.15) is 24.8 Å². The number of hydrogen-bond acceptors (Lipinski definition) is 6. The molecule has 0 fully saturated rings. The minimum absolute atomic E-state index is 0.0304. The van der Waals surface area contributed by atoms with Crippen LogP contribution in [0.2, 0.25) is 0 Å². The summed E-state index contributed by atoms with van der Waals surface area (Å²) in [5.74, 6) is 6.39. The van der Waals surface area contributed by atoms with E-state index in [-0.39, 0.29) is 6.61 Å². The number of aryl methyl sites for hydroxylation is 1. The Labute approximate surface area is 230 Å². The Morgan fingerprint density at radius 1 is 0.846 bits per heavy atom. The second-order valence-electron chi connectivity index (χ2n) is 9.18. The van der Waals surface area contributed by atoms with Gasteiger partial charge in [0.25, 0.3) is 0 Å². The summed E-state index contributed by atoms with van der Waals surface area (Å²) in [5.41, 5.74) is 5.83. The van der Waals surface area contributed by atoms with Gasteiger partial charge in [-0.15, -0.1) is 0 Å². The van der Waals surface area contributed by atoms with Gasteiger partial charge in [0.2, 0.25) is 0 Å². The lowest BCUT2D eigenvalue weighted by Gasteiger charge is -2.06. The molecule has 1 aliphatic carbocycles. The maximum atomic E-state index is 8.63. The number of nitrogens with zero attached hydrogens (tertiary/aromatic N) is 2. The van der Waals surface area contributed by atoms with Crippen LogP contribution in [0.5, 0.6) is 0 Å². The zero-order chi connectivity index (χ0) is 27.1. The molecule has 0 amide bonds. The van der Waals surface area contributed by atoms with Gasteiger partial charge in [0.1, 0.15) is 6.61 Å². The first-order chi connectivity index (χ1) is 19.3. The molecule has 2 heterocycles. The summed E-state index contributed by atoms with van der Waals surface area (Å²) in [6.45, 7) is 3.71. The van der Waals surface area contributed by atoms with Gasteiger partial charge in [-0.25, -0.2) is 0 Å². The smallest absolute Gasteiger partial charge is 0.108 e. The predicted octanol–water partition coefficient (Wildman–Crippen LogP) is 4.84. The monoisotopic (exact) mass is 530 g/mol. The summed E-state index contributed by atoms with van der Waals surface area (Å²) in [5, 5.41) is 11.0. The van der Waals surface area contributed by atoms with Gasteiger partial charge < -0.3 is 28.6 Å². The summed E-state index contributed by atoms with van der Waals surface area (Å²) in [6, 6.07) is 8.75. The topological polar surface area (TPSA) is 75.0 Å². The van der Waals surface area contributed by atoms with Gasteiger partial charge in [0, 0.05) is 41.3 Å². The quantitative estimate of drug-likeness (QED) is 0.252. The molecule has 2 aromatic heterocycles. The minimum atomic E-state index is 0.0304. The number of benzene rings is 1. The summed E-state index contributed by atoms with van der Waals surface area (Å²) >= 11 is 0. The number of aromatic nitrogens is 2. The van der Waals surface area contributed by atoms with Crippen molar-refractivity contribution in [1.82, 2.24) is 9.55 Å². The van der Waals surface area contributed by atoms with Gasteiger partial charge in [0.15, 0.2) is 0 Å². The highest BCUT2D eigenvalue weighted by molar-refractivity contribution is 6.08. The Morgan fingerprint density at radius 2 is 1.59 bits per heavy atom. The van der Waals surface area contributed by atoms with Crippen LogP contribution >= 0.6 is 0 Å². The maximum Gasteiger partial charge on any atom is 0.108 e. The van der Waals surface area contributed by atoms with Crippen LogP contribution in [-0.2, 0) is 26.0 Å². The lowest BCUT2D eigenvalue weighted by Crippen LogP contribution is -2.12. The summed E-state index contributed by atoms with van der Waals surface area (Å²) < 4.78 is 23.8. The zero-order valence-electron chi connectivity index (χ0n) is 22.7. The number of allylic oxidation sites excluding steroid dienone is 6. The fourth-order valence-electron chi connectivity index (χ4n) is 4.47. The molecular formula is C32H38N2O5. The van der Waals surface area contributed by atoms with Crippen molar-refractivity contribution in [3.63, 3.8) is 0 Å². The molecule has 1 aliphatic rings. The Kier molecular flexibility index (Phi) is 11.8. The van der Waals surface area contributed by atoms with Crippen molar-refractivity contribution in [2.75, 3.05) is 59.5 Å². The van der Waals surface area contributed by atoms with Gasteiger partial charge in [-0.2, -0.15) is 0 Å². The summed E-state index contributed by atoms with van der Waals surface area (Å²) in [7, 11) is 2.11. The largest absolute Gasteiger partial charge is 0.394 e. The first-order valence-electron chi connectivity index (χ1n) is 13.6. The molecular weight excluding hydrogens is 492 g/mol. The van der Waals surface area contributed by atoms with Crippen molar-refractivity contribution in [2.24, 2.45) is 7.05 Å². The second kappa shape index (κ2) is 16.0. The lowest BCUT2D eigenvalue weighted by atomic mass is 10.0. The van der Waals surface area contributed by atoms with E-state index < -0.39 is 0 Å². The number of aliphatic hydroxyl groups is 1. The average molecular weight is 531 g/mol. The fraction of sp³-hybridized carbons (Fsp3) is 0.406. The first kappa shape index (κ1) is 28.8. The molecule has 1 aromatic carbocycles. The molecule has 0 atom stereocenters. The highest BCUT2D eigenvalue weighted by Crippen LogP contribution is 2.30. The molecule has 3 aromatic rings. The Bertz CT molecular complexity index is 1360. The van der Waals surface area contributed by atoms with Crippen LogP contribution in [-0.4, -0.2) is 74.1 Å². The van der Waals surface area contributed by atoms with Crippen molar-refractivity contribution in [1.29, 1.82) is 0 Å². The molecule has 4 rings (SSSR count). The molecule has 0 saturated heterocycles. The molecule has 7 nitrogen and oxygen atoms in total. The molecule has 1 N–H and O–H groups in total. The van der Waals surface area contributed by atoms with E-state index in [1.54, 1.807) is 0 Å². The number of rotatable bonds is 13. The molecule has 7 heteroatoms. The lowest BCUT2D eigenvalue weighted by molar-refractivity contribution is -0.00291. The Hall–Kier alpha value is -3.25. The van der Waals surface area contributed by atoms with Crippen molar-refractivity contribution in [3.8, 4) is 11.8 Å². The van der Waals surface area contributed by atoms with Crippen LogP contribution < -0.4 is 0 Å². The van der Waals surface area contributed by atoms with Crippen LogP contribution in [0.15, 0.2) is 66.5 Å². The van der Waals surface area contributed by atoms with E-state index in [0.29, 0.717) is 52.9 Å². The number of hydrogen-bond donors (Lipinski definition) is 1. The molecule has 0 spiro atoms. The molecule has 206 valence electrons. The summed E-state index contributed by atoms with van der Waals surface area (Å²) in [6.07, 6.45) is 15.7. The van der Waals surface area contributed by atoms with Crippen LogP contribution in [0.25, 0.3) is 27.4 Å². The third kappa shape index (κ3) is 8.62. The normalized spacial score (nSPS) is 17.4. The number of pyridine rings is 1. The molecule has 0 aliphatic heterocycles. The SMILES string of the molecule is Cn1c2ccncc2c2ccc(C3=C/CCC/C=C(C#CCOCCOCCOCCOCCO)/C=C\3)cc21. The van der Waals surface area contributed by atoms with Crippen molar-refractivity contribution in [3.05, 3.63) is 72.1 Å². The standard InChI is InChI=1S/C32H38N2O5/c1-34-31-13-14-33-25-30(31)29-12-11-28(24-32(29)34)27-8-4-2-3-6-26(9-10-27)7-5-16-36-18-20-38-22-23-39-21-19-37-17-15-35/h6,8-14,24-25,35H,2-4,15-23H2,1H3/b10-9-,26-6+,27-8+. The average Bonchev–Trinajstić information content (AvgIpc) is 3.31. The van der Waals surface area contributed by atoms with E-state index in [0.717, 1.165) is 24.8 Å². The third-order valence-electron chi connectivity index (χ3n) is 6.48. The fourth-order valence-corrected chi connectivity index (χ4v) is 4.47. The van der Waals surface area contributed by atoms with E-state index in [1.807, 2.05) is 12.4 Å². The minimum Gasteiger partial charge on any atom is -0.394 e. The van der Waals surface area contributed by atoms with Gasteiger partial charge in [-0.3, -0.25) is 4.98 Å². The van der Waals surface area contributed by atoms with Crippen molar-refractivity contribution < 1.29 is 24.1 Å². The Morgan fingerprint density at radius 3 is 2.38 bits per heavy atom. The van der Waals surface area contributed by atoms with Crippen LogP contribution in [0.3, 0.4) is 0 Å². The van der Waals surface area contributed by atoms with Gasteiger partial charge in [-0.1, -0.05) is 42.2 Å². The predicted molar refractivity (Wildman–Crippen MR) is 155 cm³/mol. The highest BCUT2D eigenvalue weighted by atomic mass is 16.6. The van der Waals surface area contributed by atoms with Gasteiger partial charge in [-0.05, 0) is 48.6 Å². The Balaban J connectivity index is 1.24. The first-order valence-corrected chi connectivity index (χ1v) is 13.6. The highest BCUT2D eigenvalue weighted by Gasteiger charge is 2.10. The van der Waals surface area contributed by atoms with Crippen LogP contribution in [0.4, 0.5) is 0 Å². The molecule has 39 heavy (non-hydrogen) atoms. The molecule has 0 saturated carbocycles. The van der Waals surface area contributed by atoms with E-state index in [2.05, 4.69) is 77.0 Å². The number of aliphatic hydroxyl groups excluding tert-OH is 1. The maximum absolute atomic E-state index is 8.63. The van der Waals surface area contributed by atoms with E-state index in [4.69, 9.17) is 24.1 Å². The van der Waals surface area contributed by atoms with Crippen molar-refractivity contribution in [2.45, 2.75) is 19.3 Å². The van der Waals surface area contributed by atoms with Crippen molar-refractivity contribution >= 4 is 27.4 Å². The summed E-state index contributed by atoms with van der Waals surface area (Å²) in [4.78, 5) is 4.31. The molecule has 0 radical (unpaired) electrons. The van der Waals surface area contributed by atoms with Gasteiger partial charge >= 0.3 is 0 Å². The second-order valence-corrected chi connectivity index (χ2v) is 9.18. The van der Waals surface area contributed by atoms with Crippen LogP contribution in [0, 0.1) is 11.8 Å². The molecule has 0 unspecified atom stereocenters. The number of ether oxygens (including phenoxy) is 4. The number of fused-ring (bicyclic) bond motifs is 3. The van der Waals surface area contributed by atoms with E-state index in [9.17, 15) is 0 Å². The van der Waals surface area contributed by atoms with E-state index in [1.165, 1.54) is 32.9 Å². The molecule has 0 bridgehead atoms. The zero-order valence-corrected chi connectivity index (χ0v) is 22.7. The van der Waals surface area contributed by atoms with E-state index >= 15 is 0 Å².